The molecular formula is C17H16N4O. The minimum Gasteiger partial charge on any atom is -0.275 e. The number of fused-ring (bicyclic) bond motifs is 3. The summed E-state index contributed by atoms with van der Waals surface area (Å²) in [7, 11) is 0. The first-order chi connectivity index (χ1) is 10.8. The highest BCUT2D eigenvalue weighted by Crippen LogP contribution is 2.46. The number of rotatable bonds is 0. The zero-order valence-electron chi connectivity index (χ0n) is 11.8. The van der Waals surface area contributed by atoms with E-state index in [2.05, 4.69) is 72.3 Å². The van der Waals surface area contributed by atoms with Crippen molar-refractivity contribution in [3.05, 3.63) is 60.7 Å². The van der Waals surface area contributed by atoms with Crippen molar-refractivity contribution in [1.29, 1.82) is 0 Å². The van der Waals surface area contributed by atoms with Gasteiger partial charge in [-0.05, 0) is 33.0 Å². The summed E-state index contributed by atoms with van der Waals surface area (Å²) in [6.45, 7) is 0. The number of urea groups is 1. The Hall–Kier alpha value is -2.89. The first-order valence-electron chi connectivity index (χ1n) is 6.85. The van der Waals surface area contributed by atoms with Crippen LogP contribution in [0.3, 0.4) is 0 Å². The summed E-state index contributed by atoms with van der Waals surface area (Å²) in [6, 6.07) is 21.2. The van der Waals surface area contributed by atoms with Crippen molar-refractivity contribution in [2.45, 2.75) is 0 Å². The van der Waals surface area contributed by atoms with Gasteiger partial charge in [-0.2, -0.15) is 0 Å². The van der Waals surface area contributed by atoms with E-state index < -0.39 is 6.03 Å². The fraction of sp³-hybridized carbons (Fsp3) is 0. The fourth-order valence-corrected chi connectivity index (χ4v) is 2.78. The van der Waals surface area contributed by atoms with Crippen molar-refractivity contribution >= 4 is 16.8 Å². The molecule has 6 N–H and O–H groups in total. The molecule has 22 heavy (non-hydrogen) atoms. The van der Waals surface area contributed by atoms with Gasteiger partial charge in [-0.25, -0.2) is 16.5 Å². The van der Waals surface area contributed by atoms with Crippen LogP contribution in [0.15, 0.2) is 60.7 Å². The molecule has 0 unspecified atom stereocenters. The van der Waals surface area contributed by atoms with E-state index in [0.717, 1.165) is 0 Å². The summed E-state index contributed by atoms with van der Waals surface area (Å²) >= 11 is 0. The van der Waals surface area contributed by atoms with Gasteiger partial charge in [0.2, 0.25) is 0 Å². The second-order valence-corrected chi connectivity index (χ2v) is 4.87. The van der Waals surface area contributed by atoms with E-state index in [1.807, 2.05) is 0 Å². The topological polar surface area (TPSA) is 93.2 Å². The Morgan fingerprint density at radius 1 is 0.682 bits per heavy atom. The van der Waals surface area contributed by atoms with Crippen molar-refractivity contribution in [2.24, 2.45) is 11.7 Å². The molecule has 0 heterocycles. The second kappa shape index (κ2) is 5.85. The van der Waals surface area contributed by atoms with Gasteiger partial charge < -0.3 is 0 Å². The van der Waals surface area contributed by atoms with Crippen molar-refractivity contribution in [1.82, 2.24) is 10.9 Å². The van der Waals surface area contributed by atoms with Crippen LogP contribution in [0.5, 0.6) is 0 Å². The maximum atomic E-state index is 9.71. The lowest BCUT2D eigenvalue weighted by atomic mass is 10.0. The zero-order chi connectivity index (χ0) is 15.5. The number of nitrogens with two attached hydrogens (primary N) is 2. The van der Waals surface area contributed by atoms with Gasteiger partial charge in [0.1, 0.15) is 0 Å². The summed E-state index contributed by atoms with van der Waals surface area (Å²) in [6.07, 6.45) is 0. The molecule has 3 aromatic carbocycles. The molecule has 0 aliphatic heterocycles. The third-order valence-electron chi connectivity index (χ3n) is 3.67. The van der Waals surface area contributed by atoms with E-state index in [9.17, 15) is 4.79 Å². The molecule has 5 heteroatoms. The number of hydrogen-bond donors (Lipinski definition) is 4. The van der Waals surface area contributed by atoms with Gasteiger partial charge >= 0.3 is 6.03 Å². The van der Waals surface area contributed by atoms with Crippen LogP contribution in [-0.2, 0) is 0 Å². The minimum atomic E-state index is -0.602. The summed E-state index contributed by atoms with van der Waals surface area (Å²) in [5.74, 6) is 9.08. The Labute approximate surface area is 127 Å². The van der Waals surface area contributed by atoms with Gasteiger partial charge in [-0.3, -0.25) is 10.9 Å². The summed E-state index contributed by atoms with van der Waals surface area (Å²) < 4.78 is 0. The lowest BCUT2D eigenvalue weighted by Gasteiger charge is -2.00. The molecule has 5 nitrogen and oxygen atoms in total. The van der Waals surface area contributed by atoms with Crippen LogP contribution in [0, 0.1) is 0 Å². The van der Waals surface area contributed by atoms with E-state index in [0.29, 0.717) is 0 Å². The van der Waals surface area contributed by atoms with E-state index >= 15 is 0 Å². The van der Waals surface area contributed by atoms with Crippen molar-refractivity contribution in [2.75, 3.05) is 0 Å². The molecule has 0 spiro atoms. The molecule has 2 amide bonds. The van der Waals surface area contributed by atoms with Crippen LogP contribution in [-0.4, -0.2) is 6.03 Å². The number of hydrazine groups is 2. The van der Waals surface area contributed by atoms with Crippen LogP contribution in [0.1, 0.15) is 0 Å². The van der Waals surface area contributed by atoms with Gasteiger partial charge in [0.25, 0.3) is 0 Å². The third kappa shape index (κ3) is 2.28. The molecule has 0 aromatic heterocycles. The van der Waals surface area contributed by atoms with E-state index in [1.165, 1.54) is 33.0 Å². The molecule has 4 rings (SSSR count). The van der Waals surface area contributed by atoms with Crippen LogP contribution < -0.4 is 22.5 Å². The predicted molar refractivity (Wildman–Crippen MR) is 88.4 cm³/mol. The lowest BCUT2D eigenvalue weighted by molar-refractivity contribution is 0.241. The maximum absolute atomic E-state index is 9.71. The Morgan fingerprint density at radius 2 is 1.14 bits per heavy atom. The van der Waals surface area contributed by atoms with Crippen molar-refractivity contribution in [3.8, 4) is 22.3 Å². The Bertz CT molecular complexity index is 781. The summed E-state index contributed by atoms with van der Waals surface area (Å²) in [5.41, 5.74) is 8.98. The van der Waals surface area contributed by atoms with Crippen LogP contribution in [0.4, 0.5) is 4.79 Å². The number of nitrogens with one attached hydrogen (secondary N) is 2. The average molecular weight is 292 g/mol. The number of hydrogen-bond acceptors (Lipinski definition) is 3. The monoisotopic (exact) mass is 292 g/mol. The number of benzene rings is 3. The Kier molecular flexibility index (Phi) is 3.74. The second-order valence-electron chi connectivity index (χ2n) is 4.87. The molecule has 0 saturated heterocycles. The molecule has 3 aromatic rings. The molecule has 110 valence electrons. The highest BCUT2D eigenvalue weighted by Gasteiger charge is 2.19. The molecule has 0 bridgehead atoms. The zero-order valence-corrected chi connectivity index (χ0v) is 11.8. The number of carbonyl (C=O) groups is 1. The fourth-order valence-electron chi connectivity index (χ4n) is 2.78. The first-order valence-corrected chi connectivity index (χ1v) is 6.85. The quantitative estimate of drug-likeness (QED) is 0.228. The smallest absolute Gasteiger partial charge is 0.275 e. The molecule has 1 aliphatic carbocycles. The van der Waals surface area contributed by atoms with Crippen molar-refractivity contribution < 1.29 is 4.79 Å². The number of amides is 2. The normalized spacial score (nSPS) is 10.5. The summed E-state index contributed by atoms with van der Waals surface area (Å²) in [4.78, 5) is 9.71. The third-order valence-corrected chi connectivity index (χ3v) is 3.67. The lowest BCUT2D eigenvalue weighted by Crippen LogP contribution is -2.43. The highest BCUT2D eigenvalue weighted by atomic mass is 16.2. The average Bonchev–Trinajstić information content (AvgIpc) is 2.92. The molecule has 0 fully saturated rings. The predicted octanol–water partition coefficient (Wildman–Crippen LogP) is 2.52. The molecular weight excluding hydrogens is 276 g/mol. The standard InChI is InChI=1S/C16H10.CH6N4O/c1-2-8-13-12(7-1)14-9-3-5-11-6-4-10-15(13)16(11)14;2-4-1(6)5-3/h1-10H;2-3H2,(H2,4,5,6). The van der Waals surface area contributed by atoms with Crippen molar-refractivity contribution in [3.63, 3.8) is 0 Å². The van der Waals surface area contributed by atoms with Gasteiger partial charge in [-0.15, -0.1) is 0 Å². The summed E-state index contributed by atoms with van der Waals surface area (Å²) in [5, 5.41) is 2.75. The van der Waals surface area contributed by atoms with Crippen LogP contribution in [0.2, 0.25) is 0 Å². The van der Waals surface area contributed by atoms with Gasteiger partial charge in [-0.1, -0.05) is 60.7 Å². The molecule has 0 saturated carbocycles. The largest absolute Gasteiger partial charge is 0.343 e. The molecule has 1 aliphatic rings. The minimum absolute atomic E-state index is 0.602. The van der Waals surface area contributed by atoms with E-state index in [1.54, 1.807) is 10.9 Å². The van der Waals surface area contributed by atoms with Gasteiger partial charge in [0.05, 0.1) is 0 Å². The molecule has 0 radical (unpaired) electrons. The molecule has 0 atom stereocenters. The van der Waals surface area contributed by atoms with Crippen LogP contribution >= 0.6 is 0 Å². The SMILES string of the molecule is NNC(=O)NN.c1ccc2c(c1)-c1cccc3cccc-2c13. The Morgan fingerprint density at radius 3 is 1.55 bits per heavy atom. The first kappa shape index (κ1) is 14.1. The van der Waals surface area contributed by atoms with Gasteiger partial charge in [0, 0.05) is 0 Å². The van der Waals surface area contributed by atoms with Gasteiger partial charge in [0.15, 0.2) is 0 Å². The highest BCUT2D eigenvalue weighted by molar-refractivity contribution is 6.15. The van der Waals surface area contributed by atoms with Crippen LogP contribution in [0.25, 0.3) is 33.0 Å². The Balaban J connectivity index is 0.000000209. The van der Waals surface area contributed by atoms with E-state index in [-0.39, 0.29) is 0 Å². The number of carbonyl (C=O) groups excluding carboxylic acids is 1. The maximum Gasteiger partial charge on any atom is 0.343 e. The van der Waals surface area contributed by atoms with E-state index in [4.69, 9.17) is 0 Å².